The maximum atomic E-state index is 12.0. The van der Waals surface area contributed by atoms with E-state index in [1.165, 1.54) is 23.0 Å². The van der Waals surface area contributed by atoms with Crippen LogP contribution in [0.3, 0.4) is 0 Å². The quantitative estimate of drug-likeness (QED) is 0.702. The molecule has 2 fully saturated rings. The number of aromatic nitrogens is 2. The first-order chi connectivity index (χ1) is 12.1. The second kappa shape index (κ2) is 6.25. The minimum absolute atomic E-state index is 0.0892. The molecule has 2 aromatic rings. The second-order valence-corrected chi connectivity index (χ2v) is 7.19. The number of hydrogen-bond acceptors (Lipinski definition) is 6. The van der Waals surface area contributed by atoms with Crippen LogP contribution in [0.2, 0.25) is 0 Å². The average Bonchev–Trinajstić information content (AvgIpc) is 3.31. The van der Waals surface area contributed by atoms with Crippen LogP contribution in [0, 0.1) is 5.92 Å². The first kappa shape index (κ1) is 16.3. The summed E-state index contributed by atoms with van der Waals surface area (Å²) in [7, 11) is 0. The van der Waals surface area contributed by atoms with Gasteiger partial charge in [0.2, 0.25) is 0 Å². The summed E-state index contributed by atoms with van der Waals surface area (Å²) in [6, 6.07) is 9.47. The fraction of sp³-hybridized carbons (Fsp3) is 0.444. The Hall–Kier alpha value is -2.22. The van der Waals surface area contributed by atoms with Gasteiger partial charge in [0.1, 0.15) is 0 Å². The summed E-state index contributed by atoms with van der Waals surface area (Å²) >= 11 is 0. The normalized spacial score (nSPS) is 25.4. The molecule has 7 nitrogen and oxygen atoms in total. The molecule has 0 bridgehead atoms. The number of nitrogens with two attached hydrogens (primary N) is 1. The lowest BCUT2D eigenvalue weighted by atomic mass is 10.1. The number of anilines is 1. The minimum atomic E-state index is -0.438. The molecule has 0 spiro atoms. The second-order valence-electron chi connectivity index (χ2n) is 7.19. The zero-order valence-electron chi connectivity index (χ0n) is 14.1. The SMILES string of the molecule is NC12CC1CCN(CCc1ccc(-n3ccc(NO)nc3=O)cc1)C2. The molecule has 2 unspecified atom stereocenters. The third-order valence-corrected chi connectivity index (χ3v) is 5.44. The highest BCUT2D eigenvalue weighted by Crippen LogP contribution is 2.46. The van der Waals surface area contributed by atoms with E-state index in [0.29, 0.717) is 0 Å². The highest BCUT2D eigenvalue weighted by atomic mass is 16.5. The number of hydrogen-bond donors (Lipinski definition) is 3. The number of benzene rings is 1. The molecule has 7 heteroatoms. The van der Waals surface area contributed by atoms with Crippen LogP contribution in [0.5, 0.6) is 0 Å². The zero-order valence-corrected chi connectivity index (χ0v) is 14.1. The largest absolute Gasteiger partial charge is 0.354 e. The molecular formula is C18H23N5O2. The van der Waals surface area contributed by atoms with E-state index in [4.69, 9.17) is 10.9 Å². The summed E-state index contributed by atoms with van der Waals surface area (Å²) in [6.07, 6.45) is 4.97. The maximum absolute atomic E-state index is 12.0. The molecular weight excluding hydrogens is 318 g/mol. The van der Waals surface area contributed by atoms with E-state index in [2.05, 4.69) is 9.88 Å². The van der Waals surface area contributed by atoms with Crippen molar-refractivity contribution in [3.8, 4) is 5.69 Å². The number of likely N-dealkylation sites (tertiary alicyclic amines) is 1. The Bertz CT molecular complexity index is 819. The predicted octanol–water partition coefficient (Wildman–Crippen LogP) is 0.999. The van der Waals surface area contributed by atoms with Gasteiger partial charge in [-0.2, -0.15) is 4.98 Å². The fourth-order valence-electron chi connectivity index (χ4n) is 3.78. The van der Waals surface area contributed by atoms with Gasteiger partial charge in [-0.3, -0.25) is 15.3 Å². The minimum Gasteiger partial charge on any atom is -0.324 e. The van der Waals surface area contributed by atoms with E-state index in [-0.39, 0.29) is 11.4 Å². The van der Waals surface area contributed by atoms with Gasteiger partial charge in [-0.05, 0) is 55.5 Å². The Balaban J connectivity index is 1.39. The third kappa shape index (κ3) is 3.30. The highest BCUT2D eigenvalue weighted by Gasteiger charge is 2.53. The Morgan fingerprint density at radius 1 is 1.32 bits per heavy atom. The van der Waals surface area contributed by atoms with Crippen LogP contribution in [0.25, 0.3) is 5.69 Å². The Labute approximate surface area is 146 Å². The number of nitrogens with zero attached hydrogens (tertiary/aromatic N) is 3. The molecule has 2 atom stereocenters. The van der Waals surface area contributed by atoms with Gasteiger partial charge >= 0.3 is 5.69 Å². The molecule has 1 saturated heterocycles. The van der Waals surface area contributed by atoms with Gasteiger partial charge in [-0.1, -0.05) is 12.1 Å². The topological polar surface area (TPSA) is 96.4 Å². The monoisotopic (exact) mass is 341 g/mol. The first-order valence-electron chi connectivity index (χ1n) is 8.68. The van der Waals surface area contributed by atoms with Crippen LogP contribution in [0.1, 0.15) is 18.4 Å². The Morgan fingerprint density at radius 3 is 2.80 bits per heavy atom. The summed E-state index contributed by atoms with van der Waals surface area (Å²) < 4.78 is 1.45. The van der Waals surface area contributed by atoms with Gasteiger partial charge in [-0.15, -0.1) is 0 Å². The van der Waals surface area contributed by atoms with Crippen molar-refractivity contribution in [3.63, 3.8) is 0 Å². The lowest BCUT2D eigenvalue weighted by Gasteiger charge is -2.30. The van der Waals surface area contributed by atoms with Crippen molar-refractivity contribution in [2.75, 3.05) is 25.1 Å². The zero-order chi connectivity index (χ0) is 17.4. The molecule has 1 aliphatic heterocycles. The van der Waals surface area contributed by atoms with Gasteiger partial charge in [0.05, 0.1) is 5.69 Å². The van der Waals surface area contributed by atoms with Crippen molar-refractivity contribution < 1.29 is 5.21 Å². The van der Waals surface area contributed by atoms with Gasteiger partial charge in [0.15, 0.2) is 5.82 Å². The van der Waals surface area contributed by atoms with Crippen molar-refractivity contribution in [1.29, 1.82) is 0 Å². The molecule has 1 aromatic heterocycles. The molecule has 0 radical (unpaired) electrons. The fourth-order valence-corrected chi connectivity index (χ4v) is 3.78. The average molecular weight is 341 g/mol. The Morgan fingerprint density at radius 2 is 2.12 bits per heavy atom. The van der Waals surface area contributed by atoms with Crippen LogP contribution in [-0.4, -0.2) is 44.8 Å². The van der Waals surface area contributed by atoms with Crippen molar-refractivity contribution in [2.45, 2.75) is 24.8 Å². The van der Waals surface area contributed by atoms with Gasteiger partial charge in [-0.25, -0.2) is 4.79 Å². The number of piperidine rings is 1. The lowest BCUT2D eigenvalue weighted by Crippen LogP contribution is -2.46. The van der Waals surface area contributed by atoms with Crippen molar-refractivity contribution in [1.82, 2.24) is 14.5 Å². The molecule has 4 N–H and O–H groups in total. The standard InChI is InChI=1S/C18H23N5O2/c19-18-11-14(18)6-9-22(12-18)8-5-13-1-3-15(4-2-13)23-10-7-16(21-25)20-17(23)24/h1-4,7,10,14,25H,5-6,8-9,11-12,19H2,(H,20,21,24). The lowest BCUT2D eigenvalue weighted by molar-refractivity contribution is 0.205. The predicted molar refractivity (Wildman–Crippen MR) is 95.0 cm³/mol. The summed E-state index contributed by atoms with van der Waals surface area (Å²) in [5.74, 6) is 0.886. The number of fused-ring (bicyclic) bond motifs is 1. The molecule has 132 valence electrons. The van der Waals surface area contributed by atoms with Crippen molar-refractivity contribution in [3.05, 3.63) is 52.6 Å². The van der Waals surface area contributed by atoms with Gasteiger partial charge < -0.3 is 10.6 Å². The third-order valence-electron chi connectivity index (χ3n) is 5.44. The number of rotatable bonds is 5. The Kier molecular flexibility index (Phi) is 4.07. The maximum Gasteiger partial charge on any atom is 0.354 e. The molecule has 2 heterocycles. The summed E-state index contributed by atoms with van der Waals surface area (Å²) in [5.41, 5.74) is 9.85. The van der Waals surface area contributed by atoms with Crippen LogP contribution < -0.4 is 16.9 Å². The molecule has 2 aliphatic rings. The molecule has 25 heavy (non-hydrogen) atoms. The molecule has 1 saturated carbocycles. The van der Waals surface area contributed by atoms with Crippen molar-refractivity contribution in [2.24, 2.45) is 11.7 Å². The van der Waals surface area contributed by atoms with E-state index < -0.39 is 5.69 Å². The smallest absolute Gasteiger partial charge is 0.324 e. The van der Waals surface area contributed by atoms with Crippen molar-refractivity contribution >= 4 is 5.82 Å². The van der Waals surface area contributed by atoms with Crippen LogP contribution in [0.15, 0.2) is 41.3 Å². The number of nitrogens with one attached hydrogen (secondary N) is 1. The molecule has 0 amide bonds. The molecule has 1 aromatic carbocycles. The highest BCUT2D eigenvalue weighted by molar-refractivity contribution is 5.37. The van der Waals surface area contributed by atoms with Crippen LogP contribution in [0.4, 0.5) is 5.82 Å². The van der Waals surface area contributed by atoms with Crippen LogP contribution >= 0.6 is 0 Å². The molecule has 4 rings (SSSR count). The summed E-state index contributed by atoms with van der Waals surface area (Å²) in [6.45, 7) is 3.18. The van der Waals surface area contributed by atoms with E-state index >= 15 is 0 Å². The molecule has 1 aliphatic carbocycles. The summed E-state index contributed by atoms with van der Waals surface area (Å²) in [5, 5.41) is 8.79. The van der Waals surface area contributed by atoms with E-state index in [0.717, 1.165) is 37.7 Å². The van der Waals surface area contributed by atoms with E-state index in [1.807, 2.05) is 29.7 Å². The van der Waals surface area contributed by atoms with Gasteiger partial charge in [0.25, 0.3) is 0 Å². The summed E-state index contributed by atoms with van der Waals surface area (Å²) in [4.78, 5) is 18.2. The van der Waals surface area contributed by atoms with Gasteiger partial charge in [0, 0.05) is 24.8 Å². The van der Waals surface area contributed by atoms with Crippen LogP contribution in [-0.2, 0) is 6.42 Å². The van der Waals surface area contributed by atoms with E-state index in [1.54, 1.807) is 12.3 Å². The first-order valence-corrected chi connectivity index (χ1v) is 8.68. The van der Waals surface area contributed by atoms with E-state index in [9.17, 15) is 4.79 Å².